The van der Waals surface area contributed by atoms with Crippen molar-refractivity contribution < 1.29 is 8.78 Å². The fraction of sp³-hybridized carbons (Fsp3) is 0.214. The fourth-order valence-corrected chi connectivity index (χ4v) is 1.86. The van der Waals surface area contributed by atoms with Gasteiger partial charge < -0.3 is 0 Å². The molecule has 0 bridgehead atoms. The predicted octanol–water partition coefficient (Wildman–Crippen LogP) is 3.90. The Morgan fingerprint density at radius 1 is 1.18 bits per heavy atom. The van der Waals surface area contributed by atoms with Crippen molar-refractivity contribution >= 4 is 0 Å². The number of hydrogen-bond donors (Lipinski definition) is 0. The van der Waals surface area contributed by atoms with Crippen molar-refractivity contribution in [3.05, 3.63) is 53.2 Å². The molecular weight excluding hydrogens is 220 g/mol. The van der Waals surface area contributed by atoms with Crippen LogP contribution in [0, 0.1) is 18.6 Å². The lowest BCUT2D eigenvalue weighted by Crippen LogP contribution is -2.00. The van der Waals surface area contributed by atoms with Crippen LogP contribution in [0.4, 0.5) is 8.78 Å². The van der Waals surface area contributed by atoms with Crippen LogP contribution in [0.1, 0.15) is 18.1 Å². The third kappa shape index (κ3) is 2.05. The summed E-state index contributed by atoms with van der Waals surface area (Å²) in [5.41, 5.74) is 1.47. The zero-order valence-electron chi connectivity index (χ0n) is 9.80. The Bertz CT molecular complexity index is 536. The molecule has 2 rings (SSSR count). The molecule has 88 valence electrons. The standard InChI is InChI=1S/C14H13F2N/c1-3-10-13(15)9(2)8-11(14(10)16)12-6-4-5-7-17-12/h4-8H,3H2,1-2H3. The Labute approximate surface area is 99.1 Å². The maximum Gasteiger partial charge on any atom is 0.138 e. The number of hydrogen-bond acceptors (Lipinski definition) is 1. The Morgan fingerprint density at radius 2 is 1.94 bits per heavy atom. The monoisotopic (exact) mass is 233 g/mol. The zero-order valence-corrected chi connectivity index (χ0v) is 9.80. The van der Waals surface area contributed by atoms with E-state index >= 15 is 0 Å². The third-order valence-electron chi connectivity index (χ3n) is 2.77. The summed E-state index contributed by atoms with van der Waals surface area (Å²) in [6.07, 6.45) is 1.93. The van der Waals surface area contributed by atoms with Crippen LogP contribution < -0.4 is 0 Å². The quantitative estimate of drug-likeness (QED) is 0.766. The number of nitrogens with zero attached hydrogens (tertiary/aromatic N) is 1. The second kappa shape index (κ2) is 4.62. The van der Waals surface area contributed by atoms with Crippen molar-refractivity contribution in [1.29, 1.82) is 0 Å². The SMILES string of the molecule is CCc1c(F)c(C)cc(-c2ccccn2)c1F. The van der Waals surface area contributed by atoms with Gasteiger partial charge in [-0.25, -0.2) is 8.78 Å². The molecule has 0 spiro atoms. The second-order valence-corrected chi connectivity index (χ2v) is 3.92. The van der Waals surface area contributed by atoms with Crippen LogP contribution in [0.25, 0.3) is 11.3 Å². The van der Waals surface area contributed by atoms with Crippen molar-refractivity contribution in [1.82, 2.24) is 4.98 Å². The first kappa shape index (κ1) is 11.7. The molecule has 0 N–H and O–H groups in total. The van der Waals surface area contributed by atoms with Crippen molar-refractivity contribution in [2.45, 2.75) is 20.3 Å². The van der Waals surface area contributed by atoms with Crippen LogP contribution in [-0.2, 0) is 6.42 Å². The Morgan fingerprint density at radius 3 is 2.53 bits per heavy atom. The predicted molar refractivity (Wildman–Crippen MR) is 63.7 cm³/mol. The van der Waals surface area contributed by atoms with Gasteiger partial charge in [-0.05, 0) is 37.1 Å². The third-order valence-corrected chi connectivity index (χ3v) is 2.77. The molecule has 0 amide bonds. The van der Waals surface area contributed by atoms with E-state index in [2.05, 4.69) is 4.98 Å². The molecule has 0 aliphatic rings. The van der Waals surface area contributed by atoms with Gasteiger partial charge >= 0.3 is 0 Å². The highest BCUT2D eigenvalue weighted by Gasteiger charge is 2.16. The van der Waals surface area contributed by atoms with Gasteiger partial charge in [-0.3, -0.25) is 4.98 Å². The lowest BCUT2D eigenvalue weighted by molar-refractivity contribution is 0.555. The summed E-state index contributed by atoms with van der Waals surface area (Å²) in [5.74, 6) is -0.959. The van der Waals surface area contributed by atoms with E-state index in [1.807, 2.05) is 0 Å². The first-order valence-electron chi connectivity index (χ1n) is 5.54. The normalized spacial score (nSPS) is 10.6. The first-order chi connectivity index (χ1) is 8.15. The molecule has 0 saturated heterocycles. The number of aromatic nitrogens is 1. The molecule has 0 unspecified atom stereocenters. The number of rotatable bonds is 2. The molecule has 17 heavy (non-hydrogen) atoms. The lowest BCUT2D eigenvalue weighted by Gasteiger charge is -2.10. The second-order valence-electron chi connectivity index (χ2n) is 3.92. The molecule has 0 aliphatic heterocycles. The van der Waals surface area contributed by atoms with E-state index in [1.165, 1.54) is 6.07 Å². The van der Waals surface area contributed by atoms with Crippen molar-refractivity contribution in [2.75, 3.05) is 0 Å². The van der Waals surface area contributed by atoms with E-state index < -0.39 is 11.6 Å². The average molecular weight is 233 g/mol. The maximum atomic E-state index is 14.1. The fourth-order valence-electron chi connectivity index (χ4n) is 1.86. The van der Waals surface area contributed by atoms with Crippen LogP contribution >= 0.6 is 0 Å². The molecule has 0 aliphatic carbocycles. The minimum Gasteiger partial charge on any atom is -0.256 e. The van der Waals surface area contributed by atoms with E-state index in [9.17, 15) is 8.78 Å². The molecule has 0 atom stereocenters. The van der Waals surface area contributed by atoms with Gasteiger partial charge in [-0.1, -0.05) is 13.0 Å². The van der Waals surface area contributed by atoms with Gasteiger partial charge in [0.1, 0.15) is 11.6 Å². The summed E-state index contributed by atoms with van der Waals surface area (Å²) in [4.78, 5) is 4.09. The average Bonchev–Trinajstić information content (AvgIpc) is 2.36. The molecule has 1 heterocycles. The van der Waals surface area contributed by atoms with Crippen LogP contribution in [0.15, 0.2) is 30.5 Å². The molecule has 3 heteroatoms. The van der Waals surface area contributed by atoms with Crippen molar-refractivity contribution in [3.8, 4) is 11.3 Å². The van der Waals surface area contributed by atoms with E-state index in [-0.39, 0.29) is 5.56 Å². The summed E-state index contributed by atoms with van der Waals surface area (Å²) < 4.78 is 27.8. The Balaban J connectivity index is 2.68. The Hall–Kier alpha value is -1.77. The minimum absolute atomic E-state index is 0.130. The largest absolute Gasteiger partial charge is 0.256 e. The van der Waals surface area contributed by atoms with Gasteiger partial charge in [-0.2, -0.15) is 0 Å². The van der Waals surface area contributed by atoms with Gasteiger partial charge in [0.15, 0.2) is 0 Å². The lowest BCUT2D eigenvalue weighted by atomic mass is 10.0. The number of halogens is 2. The molecule has 0 radical (unpaired) electrons. The minimum atomic E-state index is -0.505. The van der Waals surface area contributed by atoms with Crippen LogP contribution in [0.5, 0.6) is 0 Å². The zero-order chi connectivity index (χ0) is 12.4. The number of pyridine rings is 1. The van der Waals surface area contributed by atoms with E-state index in [4.69, 9.17) is 0 Å². The van der Waals surface area contributed by atoms with Crippen molar-refractivity contribution in [3.63, 3.8) is 0 Å². The molecule has 0 fully saturated rings. The van der Waals surface area contributed by atoms with E-state index in [0.29, 0.717) is 23.2 Å². The summed E-state index contributed by atoms with van der Waals surface area (Å²) in [6, 6.07) is 6.77. The molecule has 2 aromatic rings. The molecule has 1 aromatic heterocycles. The van der Waals surface area contributed by atoms with E-state index in [1.54, 1.807) is 38.2 Å². The molecule has 1 nitrogen and oxygen atoms in total. The van der Waals surface area contributed by atoms with Gasteiger partial charge in [0.05, 0.1) is 5.69 Å². The van der Waals surface area contributed by atoms with Gasteiger partial charge in [0, 0.05) is 17.3 Å². The van der Waals surface area contributed by atoms with Gasteiger partial charge in [-0.15, -0.1) is 0 Å². The van der Waals surface area contributed by atoms with E-state index in [0.717, 1.165) is 0 Å². The van der Waals surface area contributed by atoms with Crippen LogP contribution in [-0.4, -0.2) is 4.98 Å². The highest BCUT2D eigenvalue weighted by atomic mass is 19.1. The Kier molecular flexibility index (Phi) is 3.18. The maximum absolute atomic E-state index is 14.1. The van der Waals surface area contributed by atoms with Gasteiger partial charge in [0.2, 0.25) is 0 Å². The van der Waals surface area contributed by atoms with Gasteiger partial charge in [0.25, 0.3) is 0 Å². The topological polar surface area (TPSA) is 12.9 Å². The smallest absolute Gasteiger partial charge is 0.138 e. The first-order valence-corrected chi connectivity index (χ1v) is 5.54. The molecular formula is C14H13F2N. The summed E-state index contributed by atoms with van der Waals surface area (Å²) in [5, 5.41) is 0. The molecule has 1 aromatic carbocycles. The molecule has 0 saturated carbocycles. The summed E-state index contributed by atoms with van der Waals surface area (Å²) in [6.45, 7) is 3.38. The van der Waals surface area contributed by atoms with Crippen molar-refractivity contribution in [2.24, 2.45) is 0 Å². The highest BCUT2D eigenvalue weighted by molar-refractivity contribution is 5.62. The highest BCUT2D eigenvalue weighted by Crippen LogP contribution is 2.27. The van der Waals surface area contributed by atoms with Crippen LogP contribution in [0.3, 0.4) is 0 Å². The number of aryl methyl sites for hydroxylation is 1. The van der Waals surface area contributed by atoms with Crippen LogP contribution in [0.2, 0.25) is 0 Å². The summed E-state index contributed by atoms with van der Waals surface area (Å²) in [7, 11) is 0. The summed E-state index contributed by atoms with van der Waals surface area (Å²) >= 11 is 0. The number of benzene rings is 1.